The van der Waals surface area contributed by atoms with E-state index in [1.165, 1.54) is 23.1 Å². The molecule has 8 nitrogen and oxygen atoms in total. The number of hydrogen-bond acceptors (Lipinski definition) is 6. The molecular formula is C25H20N2O6. The van der Waals surface area contributed by atoms with Gasteiger partial charge in [0.1, 0.15) is 11.5 Å². The molecule has 1 aliphatic rings. The Labute approximate surface area is 189 Å². The molecule has 0 bridgehead atoms. The van der Waals surface area contributed by atoms with Gasteiger partial charge >= 0.3 is 0 Å². The number of nitro benzene ring substituents is 1. The van der Waals surface area contributed by atoms with Crippen molar-refractivity contribution in [2.24, 2.45) is 0 Å². The van der Waals surface area contributed by atoms with Gasteiger partial charge in [0.05, 0.1) is 23.1 Å². The zero-order chi connectivity index (χ0) is 23.5. The van der Waals surface area contributed by atoms with Crippen molar-refractivity contribution in [3.63, 3.8) is 0 Å². The first-order valence-electron chi connectivity index (χ1n) is 10.3. The molecule has 3 aromatic carbocycles. The van der Waals surface area contributed by atoms with E-state index in [1.807, 2.05) is 6.92 Å². The number of anilines is 1. The lowest BCUT2D eigenvalue weighted by atomic mass is 9.95. The second-order valence-electron chi connectivity index (χ2n) is 7.31. The fourth-order valence-electron chi connectivity index (χ4n) is 3.84. The summed E-state index contributed by atoms with van der Waals surface area (Å²) in [5.41, 5.74) is 0.752. The molecular weight excluding hydrogens is 424 g/mol. The Bertz CT molecular complexity index is 1250. The van der Waals surface area contributed by atoms with Crippen molar-refractivity contribution in [3.8, 4) is 5.75 Å². The van der Waals surface area contributed by atoms with Crippen LogP contribution in [0.2, 0.25) is 0 Å². The minimum absolute atomic E-state index is 0.138. The van der Waals surface area contributed by atoms with Crippen LogP contribution in [0.1, 0.15) is 24.1 Å². The van der Waals surface area contributed by atoms with Crippen LogP contribution in [0.5, 0.6) is 5.75 Å². The zero-order valence-corrected chi connectivity index (χ0v) is 17.7. The second-order valence-corrected chi connectivity index (χ2v) is 7.31. The maximum absolute atomic E-state index is 13.1. The molecule has 166 valence electrons. The van der Waals surface area contributed by atoms with Gasteiger partial charge in [0, 0.05) is 23.4 Å². The van der Waals surface area contributed by atoms with Crippen LogP contribution in [-0.4, -0.2) is 28.3 Å². The van der Waals surface area contributed by atoms with Crippen LogP contribution >= 0.6 is 0 Å². The molecule has 0 saturated carbocycles. The van der Waals surface area contributed by atoms with E-state index in [4.69, 9.17) is 4.74 Å². The zero-order valence-electron chi connectivity index (χ0n) is 17.7. The molecule has 1 amide bonds. The van der Waals surface area contributed by atoms with Crippen LogP contribution in [0.3, 0.4) is 0 Å². The number of carbonyl (C=O) groups excluding carboxylic acids is 2. The molecule has 0 radical (unpaired) electrons. The van der Waals surface area contributed by atoms with Crippen LogP contribution in [-0.2, 0) is 9.59 Å². The minimum atomic E-state index is -1.05. The van der Waals surface area contributed by atoms with Crippen molar-refractivity contribution in [1.29, 1.82) is 0 Å². The quantitative estimate of drug-likeness (QED) is 0.195. The van der Waals surface area contributed by atoms with Gasteiger partial charge in [-0.05, 0) is 36.8 Å². The number of carbonyl (C=O) groups is 2. The SMILES string of the molecule is CCOc1ccc(N2C(=O)C(=O)C(=C(O)c3ccccc3)[C@H]2c2cccc([N+](=O)[O-])c2)cc1. The standard InChI is InChI=1S/C25H20N2O6/c1-2-33-20-13-11-18(12-14-20)26-22(17-9-6-10-19(15-17)27(31)32)21(24(29)25(26)30)23(28)16-7-4-3-5-8-16/h3-15,22,28H,2H2,1H3/t22-/m1/s1. The Kier molecular flexibility index (Phi) is 5.91. The van der Waals surface area contributed by atoms with Crippen LogP contribution < -0.4 is 9.64 Å². The largest absolute Gasteiger partial charge is 0.507 e. The fraction of sp³-hybridized carbons (Fsp3) is 0.120. The first-order valence-corrected chi connectivity index (χ1v) is 10.3. The number of hydrogen-bond donors (Lipinski definition) is 1. The van der Waals surface area contributed by atoms with Gasteiger partial charge in [0.15, 0.2) is 0 Å². The van der Waals surface area contributed by atoms with Crippen molar-refractivity contribution >= 4 is 28.8 Å². The van der Waals surface area contributed by atoms with E-state index in [2.05, 4.69) is 0 Å². The van der Waals surface area contributed by atoms with Gasteiger partial charge in [-0.1, -0.05) is 42.5 Å². The highest BCUT2D eigenvalue weighted by atomic mass is 16.6. The molecule has 1 fully saturated rings. The molecule has 1 aliphatic heterocycles. The molecule has 1 saturated heterocycles. The number of non-ortho nitro benzene ring substituents is 1. The van der Waals surface area contributed by atoms with E-state index in [0.717, 1.165) is 0 Å². The monoisotopic (exact) mass is 444 g/mol. The predicted octanol–water partition coefficient (Wildman–Crippen LogP) is 4.62. The van der Waals surface area contributed by atoms with Crippen molar-refractivity contribution in [2.75, 3.05) is 11.5 Å². The number of ketones is 1. The smallest absolute Gasteiger partial charge is 0.300 e. The topological polar surface area (TPSA) is 110 Å². The number of benzene rings is 3. The van der Waals surface area contributed by atoms with Gasteiger partial charge in [-0.15, -0.1) is 0 Å². The summed E-state index contributed by atoms with van der Waals surface area (Å²) in [6.45, 7) is 2.31. The molecule has 1 N–H and O–H groups in total. The Balaban J connectivity index is 1.92. The van der Waals surface area contributed by atoms with Gasteiger partial charge in [-0.25, -0.2) is 0 Å². The second kappa shape index (κ2) is 8.96. The molecule has 0 spiro atoms. The van der Waals surface area contributed by atoms with Crippen LogP contribution in [0.25, 0.3) is 5.76 Å². The van der Waals surface area contributed by atoms with Crippen molar-refractivity contribution in [1.82, 2.24) is 0 Å². The van der Waals surface area contributed by atoms with Gasteiger partial charge in [-0.2, -0.15) is 0 Å². The maximum atomic E-state index is 13.1. The minimum Gasteiger partial charge on any atom is -0.507 e. The highest BCUT2D eigenvalue weighted by Gasteiger charge is 2.47. The van der Waals surface area contributed by atoms with E-state index < -0.39 is 22.7 Å². The normalized spacial score (nSPS) is 17.2. The fourth-order valence-corrected chi connectivity index (χ4v) is 3.84. The number of aliphatic hydroxyl groups is 1. The lowest BCUT2D eigenvalue weighted by Gasteiger charge is -2.25. The van der Waals surface area contributed by atoms with Crippen LogP contribution in [0.4, 0.5) is 11.4 Å². The third-order valence-corrected chi connectivity index (χ3v) is 5.31. The molecule has 0 aromatic heterocycles. The van der Waals surface area contributed by atoms with E-state index in [0.29, 0.717) is 29.2 Å². The summed E-state index contributed by atoms with van der Waals surface area (Å²) < 4.78 is 5.45. The van der Waals surface area contributed by atoms with Gasteiger partial charge < -0.3 is 9.84 Å². The summed E-state index contributed by atoms with van der Waals surface area (Å²) in [6, 6.07) is 19.6. The number of rotatable bonds is 6. The summed E-state index contributed by atoms with van der Waals surface area (Å²) in [7, 11) is 0. The summed E-state index contributed by atoms with van der Waals surface area (Å²) in [5, 5.41) is 22.4. The molecule has 3 aromatic rings. The van der Waals surface area contributed by atoms with E-state index in [1.54, 1.807) is 60.7 Å². The third kappa shape index (κ3) is 4.06. The van der Waals surface area contributed by atoms with Gasteiger partial charge in [0.25, 0.3) is 17.4 Å². The van der Waals surface area contributed by atoms with Gasteiger partial charge in [0.2, 0.25) is 0 Å². The molecule has 4 rings (SSSR count). The van der Waals surface area contributed by atoms with Crippen LogP contribution in [0, 0.1) is 10.1 Å². The first kappa shape index (κ1) is 21.8. The summed E-state index contributed by atoms with van der Waals surface area (Å²) in [4.78, 5) is 38.3. The molecule has 1 atom stereocenters. The lowest BCUT2D eigenvalue weighted by Crippen LogP contribution is -2.29. The van der Waals surface area contributed by atoms with E-state index in [9.17, 15) is 24.8 Å². The average Bonchev–Trinajstić information content (AvgIpc) is 3.10. The molecule has 33 heavy (non-hydrogen) atoms. The highest BCUT2D eigenvalue weighted by Crippen LogP contribution is 2.43. The average molecular weight is 444 g/mol. The van der Waals surface area contributed by atoms with Crippen LogP contribution in [0.15, 0.2) is 84.4 Å². The Morgan fingerprint density at radius 2 is 1.73 bits per heavy atom. The van der Waals surface area contributed by atoms with Crippen molar-refractivity contribution in [2.45, 2.75) is 13.0 Å². The Morgan fingerprint density at radius 3 is 2.36 bits per heavy atom. The summed E-state index contributed by atoms with van der Waals surface area (Å²) in [6.07, 6.45) is 0. The molecule has 0 aliphatic carbocycles. The first-order chi connectivity index (χ1) is 15.9. The summed E-state index contributed by atoms with van der Waals surface area (Å²) >= 11 is 0. The highest BCUT2D eigenvalue weighted by molar-refractivity contribution is 6.51. The van der Waals surface area contributed by atoms with Crippen molar-refractivity contribution in [3.05, 3.63) is 106 Å². The number of Topliss-reactive ketones (excluding diaryl/α,β-unsaturated/α-hetero) is 1. The lowest BCUT2D eigenvalue weighted by molar-refractivity contribution is -0.384. The molecule has 0 unspecified atom stereocenters. The van der Waals surface area contributed by atoms with Gasteiger partial charge in [-0.3, -0.25) is 24.6 Å². The maximum Gasteiger partial charge on any atom is 0.300 e. The predicted molar refractivity (Wildman–Crippen MR) is 122 cm³/mol. The number of aliphatic hydroxyl groups excluding tert-OH is 1. The Hall–Kier alpha value is -4.46. The third-order valence-electron chi connectivity index (χ3n) is 5.31. The van der Waals surface area contributed by atoms with Crippen molar-refractivity contribution < 1.29 is 24.4 Å². The number of amides is 1. The number of ether oxygens (including phenoxy) is 1. The van der Waals surface area contributed by atoms with E-state index in [-0.39, 0.29) is 17.0 Å². The summed E-state index contributed by atoms with van der Waals surface area (Å²) in [5.74, 6) is -1.47. The van der Waals surface area contributed by atoms with E-state index >= 15 is 0 Å². The Morgan fingerprint density at radius 1 is 1.03 bits per heavy atom. The number of nitro groups is 1. The molecule has 8 heteroatoms. The molecule has 1 heterocycles. The number of nitrogens with zero attached hydrogens (tertiary/aromatic N) is 2.